The zero-order valence-electron chi connectivity index (χ0n) is 10.7. The SMILES string of the molecule is CC.CC1=CC=CC23CC12Oc1ccccc13. The molecule has 1 aromatic carbocycles. The van der Waals surface area contributed by atoms with E-state index in [1.807, 2.05) is 19.9 Å². The Bertz CT molecular complexity index is 526. The molecule has 1 aromatic rings. The number of fused-ring (bicyclic) bond motifs is 1. The van der Waals surface area contributed by atoms with Crippen LogP contribution in [0.5, 0.6) is 5.75 Å². The minimum Gasteiger partial charge on any atom is -0.481 e. The first-order valence-corrected chi connectivity index (χ1v) is 6.44. The van der Waals surface area contributed by atoms with Gasteiger partial charge in [-0.2, -0.15) is 0 Å². The molecular formula is C16H18O. The molecule has 0 radical (unpaired) electrons. The molecule has 4 rings (SSSR count). The maximum Gasteiger partial charge on any atom is 0.145 e. The van der Waals surface area contributed by atoms with E-state index in [9.17, 15) is 0 Å². The van der Waals surface area contributed by atoms with E-state index in [-0.39, 0.29) is 11.0 Å². The molecule has 1 heteroatoms. The number of allylic oxidation sites excluding steroid dienone is 2. The van der Waals surface area contributed by atoms with Gasteiger partial charge in [0.1, 0.15) is 11.4 Å². The Morgan fingerprint density at radius 2 is 1.94 bits per heavy atom. The number of hydrogen-bond donors (Lipinski definition) is 0. The highest BCUT2D eigenvalue weighted by Crippen LogP contribution is 2.71. The van der Waals surface area contributed by atoms with Gasteiger partial charge in [0, 0.05) is 12.0 Å². The van der Waals surface area contributed by atoms with Crippen molar-refractivity contribution in [2.24, 2.45) is 0 Å². The molecule has 0 amide bonds. The number of para-hydroxylation sites is 1. The number of ether oxygens (including phenoxy) is 1. The molecular weight excluding hydrogens is 208 g/mol. The van der Waals surface area contributed by atoms with Crippen LogP contribution in [0.25, 0.3) is 0 Å². The molecule has 1 saturated carbocycles. The van der Waals surface area contributed by atoms with Crippen LogP contribution in [-0.2, 0) is 5.41 Å². The third-order valence-corrected chi connectivity index (χ3v) is 4.14. The lowest BCUT2D eigenvalue weighted by Gasteiger charge is -2.19. The van der Waals surface area contributed by atoms with Crippen molar-refractivity contribution in [3.8, 4) is 5.75 Å². The summed E-state index contributed by atoms with van der Waals surface area (Å²) >= 11 is 0. The Kier molecular flexibility index (Phi) is 2.04. The number of rotatable bonds is 0. The second-order valence-corrected chi connectivity index (χ2v) is 4.78. The van der Waals surface area contributed by atoms with Gasteiger partial charge in [0.15, 0.2) is 0 Å². The molecule has 0 saturated heterocycles. The fourth-order valence-electron chi connectivity index (χ4n) is 3.25. The van der Waals surface area contributed by atoms with Gasteiger partial charge in [-0.1, -0.05) is 50.3 Å². The topological polar surface area (TPSA) is 9.23 Å². The normalized spacial score (nSPS) is 34.4. The monoisotopic (exact) mass is 226 g/mol. The molecule has 88 valence electrons. The Labute approximate surface area is 103 Å². The summed E-state index contributed by atoms with van der Waals surface area (Å²) in [6.45, 7) is 6.18. The zero-order chi connectivity index (χ0) is 12.1. The molecule has 2 aliphatic carbocycles. The van der Waals surface area contributed by atoms with Crippen molar-refractivity contribution in [3.05, 3.63) is 53.6 Å². The van der Waals surface area contributed by atoms with Crippen molar-refractivity contribution >= 4 is 0 Å². The molecule has 1 nitrogen and oxygen atoms in total. The van der Waals surface area contributed by atoms with E-state index in [2.05, 4.69) is 43.4 Å². The summed E-state index contributed by atoms with van der Waals surface area (Å²) < 4.78 is 6.16. The van der Waals surface area contributed by atoms with E-state index >= 15 is 0 Å². The summed E-state index contributed by atoms with van der Waals surface area (Å²) in [5, 5.41) is 0. The number of benzene rings is 1. The van der Waals surface area contributed by atoms with Crippen molar-refractivity contribution < 1.29 is 4.74 Å². The molecule has 2 atom stereocenters. The quantitative estimate of drug-likeness (QED) is 0.649. The first kappa shape index (κ1) is 10.6. The molecule has 0 bridgehead atoms. The van der Waals surface area contributed by atoms with Gasteiger partial charge in [-0.05, 0) is 18.6 Å². The first-order chi connectivity index (χ1) is 8.29. The molecule has 1 aliphatic heterocycles. The predicted octanol–water partition coefficient (Wildman–Crippen LogP) is 4.00. The summed E-state index contributed by atoms with van der Waals surface area (Å²) in [6.07, 6.45) is 7.78. The van der Waals surface area contributed by atoms with Gasteiger partial charge in [0.05, 0.1) is 5.41 Å². The highest BCUT2D eigenvalue weighted by Gasteiger charge is 2.75. The Morgan fingerprint density at radius 1 is 1.18 bits per heavy atom. The lowest BCUT2D eigenvalue weighted by Crippen LogP contribution is -2.25. The van der Waals surface area contributed by atoms with Gasteiger partial charge in [-0.15, -0.1) is 0 Å². The molecule has 0 spiro atoms. The predicted molar refractivity (Wildman–Crippen MR) is 70.3 cm³/mol. The molecule has 17 heavy (non-hydrogen) atoms. The van der Waals surface area contributed by atoms with Crippen molar-refractivity contribution in [3.63, 3.8) is 0 Å². The lowest BCUT2D eigenvalue weighted by molar-refractivity contribution is 0.221. The average molecular weight is 226 g/mol. The van der Waals surface area contributed by atoms with Gasteiger partial charge < -0.3 is 4.74 Å². The van der Waals surface area contributed by atoms with Crippen LogP contribution >= 0.6 is 0 Å². The fraction of sp³-hybridized carbons (Fsp3) is 0.375. The van der Waals surface area contributed by atoms with Gasteiger partial charge in [-0.25, -0.2) is 0 Å². The molecule has 0 N–H and O–H groups in total. The van der Waals surface area contributed by atoms with Crippen LogP contribution in [0.1, 0.15) is 32.8 Å². The standard InChI is InChI=1S/C14H12O.C2H6/c1-10-5-4-8-13-9-14(10,13)15-12-7-3-2-6-11(12)13;1-2/h2-8H,9H2,1H3;1-2H3. The second-order valence-electron chi connectivity index (χ2n) is 4.78. The van der Waals surface area contributed by atoms with Crippen molar-refractivity contribution in [2.45, 2.75) is 38.2 Å². The van der Waals surface area contributed by atoms with E-state index in [0.29, 0.717) is 0 Å². The second kappa shape index (κ2) is 3.25. The molecule has 3 aliphatic rings. The molecule has 0 aromatic heterocycles. The molecule has 2 unspecified atom stereocenters. The molecule has 1 fully saturated rings. The van der Waals surface area contributed by atoms with Crippen LogP contribution in [0.3, 0.4) is 0 Å². The summed E-state index contributed by atoms with van der Waals surface area (Å²) in [4.78, 5) is 0. The minimum absolute atomic E-state index is 0.0224. The van der Waals surface area contributed by atoms with Crippen LogP contribution < -0.4 is 4.74 Å². The third kappa shape index (κ3) is 1.05. The third-order valence-electron chi connectivity index (χ3n) is 4.14. The van der Waals surface area contributed by atoms with Gasteiger partial charge >= 0.3 is 0 Å². The zero-order valence-corrected chi connectivity index (χ0v) is 10.7. The van der Waals surface area contributed by atoms with Crippen LogP contribution in [0.4, 0.5) is 0 Å². The van der Waals surface area contributed by atoms with E-state index < -0.39 is 0 Å². The largest absolute Gasteiger partial charge is 0.481 e. The van der Waals surface area contributed by atoms with E-state index in [1.54, 1.807) is 0 Å². The van der Waals surface area contributed by atoms with Crippen LogP contribution in [0.2, 0.25) is 0 Å². The minimum atomic E-state index is -0.0224. The van der Waals surface area contributed by atoms with E-state index in [1.165, 1.54) is 11.1 Å². The average Bonchev–Trinajstić information content (AvgIpc) is 2.96. The summed E-state index contributed by atoms with van der Waals surface area (Å²) in [6, 6.07) is 8.43. The number of hydrogen-bond acceptors (Lipinski definition) is 1. The van der Waals surface area contributed by atoms with Crippen molar-refractivity contribution in [1.82, 2.24) is 0 Å². The van der Waals surface area contributed by atoms with Gasteiger partial charge in [0.25, 0.3) is 0 Å². The fourth-order valence-corrected chi connectivity index (χ4v) is 3.25. The maximum atomic E-state index is 6.16. The summed E-state index contributed by atoms with van der Waals surface area (Å²) in [7, 11) is 0. The Morgan fingerprint density at radius 3 is 2.76 bits per heavy atom. The van der Waals surface area contributed by atoms with Crippen LogP contribution in [0.15, 0.2) is 48.1 Å². The summed E-state index contributed by atoms with van der Waals surface area (Å²) in [5.41, 5.74) is 2.88. The Hall–Kier alpha value is -1.50. The van der Waals surface area contributed by atoms with Crippen molar-refractivity contribution in [2.75, 3.05) is 0 Å². The lowest BCUT2D eigenvalue weighted by atomic mass is 9.87. The smallest absolute Gasteiger partial charge is 0.145 e. The van der Waals surface area contributed by atoms with E-state index in [0.717, 1.165) is 12.2 Å². The first-order valence-electron chi connectivity index (χ1n) is 6.44. The van der Waals surface area contributed by atoms with Gasteiger partial charge in [-0.3, -0.25) is 0 Å². The van der Waals surface area contributed by atoms with Crippen LogP contribution in [-0.4, -0.2) is 5.60 Å². The highest BCUT2D eigenvalue weighted by atomic mass is 16.5. The van der Waals surface area contributed by atoms with Crippen molar-refractivity contribution in [1.29, 1.82) is 0 Å². The highest BCUT2D eigenvalue weighted by molar-refractivity contribution is 5.65. The maximum absolute atomic E-state index is 6.16. The molecule has 1 heterocycles. The summed E-state index contributed by atoms with van der Waals surface area (Å²) in [5.74, 6) is 1.07. The van der Waals surface area contributed by atoms with Gasteiger partial charge in [0.2, 0.25) is 0 Å². The van der Waals surface area contributed by atoms with Crippen LogP contribution in [0, 0.1) is 0 Å². The Balaban J connectivity index is 0.000000431. The van der Waals surface area contributed by atoms with E-state index in [4.69, 9.17) is 4.74 Å².